The summed E-state index contributed by atoms with van der Waals surface area (Å²) in [6.07, 6.45) is 3.87. The molecule has 0 amide bonds. The molecule has 0 aromatic heterocycles. The fraction of sp³-hybridized carbons (Fsp3) is 0.909. The number of hydrogen-bond acceptors (Lipinski definition) is 3. The number of aliphatic hydroxyl groups is 1. The fourth-order valence-corrected chi connectivity index (χ4v) is 2.12. The molecular weight excluding hydrogens is 176 g/mol. The maximum atomic E-state index is 9.37. The first-order valence-electron chi connectivity index (χ1n) is 5.41. The summed E-state index contributed by atoms with van der Waals surface area (Å²) in [7, 11) is 2.08. The van der Waals surface area contributed by atoms with Gasteiger partial charge in [-0.25, -0.2) is 0 Å². The Morgan fingerprint density at radius 2 is 2.00 bits per heavy atom. The van der Waals surface area contributed by atoms with E-state index in [4.69, 9.17) is 5.26 Å². The smallest absolute Gasteiger partial charge is 0.0666 e. The van der Waals surface area contributed by atoms with Gasteiger partial charge in [-0.3, -0.25) is 0 Å². The zero-order valence-corrected chi connectivity index (χ0v) is 9.11. The van der Waals surface area contributed by atoms with Gasteiger partial charge in [-0.05, 0) is 39.7 Å². The van der Waals surface area contributed by atoms with E-state index < -0.39 is 0 Å². The van der Waals surface area contributed by atoms with Crippen molar-refractivity contribution < 1.29 is 5.11 Å². The average molecular weight is 196 g/mol. The normalized spacial score (nSPS) is 29.9. The van der Waals surface area contributed by atoms with Crippen molar-refractivity contribution in [3.8, 4) is 6.07 Å². The molecule has 1 aliphatic rings. The third-order valence-electron chi connectivity index (χ3n) is 3.07. The zero-order chi connectivity index (χ0) is 10.6. The predicted molar refractivity (Wildman–Crippen MR) is 55.7 cm³/mol. The minimum absolute atomic E-state index is 0.0898. The second-order valence-corrected chi connectivity index (χ2v) is 4.43. The Morgan fingerprint density at radius 1 is 1.43 bits per heavy atom. The molecule has 3 heteroatoms. The van der Waals surface area contributed by atoms with Crippen LogP contribution in [-0.2, 0) is 0 Å². The van der Waals surface area contributed by atoms with Crippen LogP contribution in [-0.4, -0.2) is 35.7 Å². The van der Waals surface area contributed by atoms with E-state index in [1.54, 1.807) is 0 Å². The van der Waals surface area contributed by atoms with Crippen LogP contribution in [0.3, 0.4) is 0 Å². The summed E-state index contributed by atoms with van der Waals surface area (Å²) in [5.41, 5.74) is 0. The standard InChI is InChI=1S/C11H20N2O/c1-9(7-12)8-13(2)10-3-5-11(14)6-4-10/h9-11,14H,3-6,8H2,1-2H3. The highest BCUT2D eigenvalue weighted by molar-refractivity contribution is 4.84. The molecule has 0 spiro atoms. The van der Waals surface area contributed by atoms with Crippen LogP contribution in [0.1, 0.15) is 32.6 Å². The second kappa shape index (κ2) is 5.33. The minimum Gasteiger partial charge on any atom is -0.393 e. The van der Waals surface area contributed by atoms with E-state index >= 15 is 0 Å². The Hall–Kier alpha value is -0.590. The molecule has 14 heavy (non-hydrogen) atoms. The minimum atomic E-state index is -0.0898. The van der Waals surface area contributed by atoms with Crippen LogP contribution in [0.4, 0.5) is 0 Å². The number of rotatable bonds is 3. The molecule has 0 heterocycles. The molecule has 1 aliphatic carbocycles. The van der Waals surface area contributed by atoms with Gasteiger partial charge in [-0.2, -0.15) is 5.26 Å². The van der Waals surface area contributed by atoms with E-state index in [0.29, 0.717) is 6.04 Å². The van der Waals surface area contributed by atoms with E-state index in [-0.39, 0.29) is 12.0 Å². The van der Waals surface area contributed by atoms with Gasteiger partial charge in [-0.15, -0.1) is 0 Å². The lowest BCUT2D eigenvalue weighted by atomic mass is 9.92. The zero-order valence-electron chi connectivity index (χ0n) is 9.11. The number of nitriles is 1. The number of nitrogens with zero attached hydrogens (tertiary/aromatic N) is 2. The van der Waals surface area contributed by atoms with Crippen LogP contribution in [0.5, 0.6) is 0 Å². The Balaban J connectivity index is 2.31. The molecule has 0 bridgehead atoms. The van der Waals surface area contributed by atoms with Crippen LogP contribution in [0.25, 0.3) is 0 Å². The first-order chi connectivity index (χ1) is 6.63. The van der Waals surface area contributed by atoms with Crippen LogP contribution >= 0.6 is 0 Å². The van der Waals surface area contributed by atoms with Gasteiger partial charge in [-0.1, -0.05) is 0 Å². The van der Waals surface area contributed by atoms with Gasteiger partial charge < -0.3 is 10.0 Å². The third kappa shape index (κ3) is 3.28. The lowest BCUT2D eigenvalue weighted by molar-refractivity contribution is 0.0817. The molecule has 0 aromatic rings. The van der Waals surface area contributed by atoms with Gasteiger partial charge in [0, 0.05) is 12.6 Å². The van der Waals surface area contributed by atoms with E-state index in [1.807, 2.05) is 6.92 Å². The van der Waals surface area contributed by atoms with E-state index in [2.05, 4.69) is 18.0 Å². The topological polar surface area (TPSA) is 47.3 Å². The van der Waals surface area contributed by atoms with Crippen molar-refractivity contribution in [3.05, 3.63) is 0 Å². The molecule has 0 aromatic carbocycles. The van der Waals surface area contributed by atoms with E-state index in [1.165, 1.54) is 0 Å². The van der Waals surface area contributed by atoms with Crippen molar-refractivity contribution in [2.24, 2.45) is 5.92 Å². The molecule has 1 fully saturated rings. The molecule has 0 aliphatic heterocycles. The fourth-order valence-electron chi connectivity index (χ4n) is 2.12. The second-order valence-electron chi connectivity index (χ2n) is 4.43. The van der Waals surface area contributed by atoms with Gasteiger partial charge in [0.2, 0.25) is 0 Å². The van der Waals surface area contributed by atoms with Gasteiger partial charge in [0.1, 0.15) is 0 Å². The lowest BCUT2D eigenvalue weighted by Crippen LogP contribution is -2.38. The third-order valence-corrected chi connectivity index (χ3v) is 3.07. The Bertz CT molecular complexity index is 204. The van der Waals surface area contributed by atoms with Crippen molar-refractivity contribution in [1.82, 2.24) is 4.90 Å². The van der Waals surface area contributed by atoms with Gasteiger partial charge in [0.15, 0.2) is 0 Å². The van der Waals surface area contributed by atoms with Crippen LogP contribution < -0.4 is 0 Å². The molecule has 0 radical (unpaired) electrons. The molecular formula is C11H20N2O. The molecule has 1 rings (SSSR count). The quantitative estimate of drug-likeness (QED) is 0.742. The summed E-state index contributed by atoms with van der Waals surface area (Å²) in [6, 6.07) is 2.82. The first kappa shape index (κ1) is 11.5. The maximum Gasteiger partial charge on any atom is 0.0666 e. The number of aliphatic hydroxyl groups excluding tert-OH is 1. The van der Waals surface area contributed by atoms with Gasteiger partial charge in [0.25, 0.3) is 0 Å². The average Bonchev–Trinajstić information content (AvgIpc) is 2.18. The highest BCUT2D eigenvalue weighted by atomic mass is 16.3. The van der Waals surface area contributed by atoms with Crippen molar-refractivity contribution in [2.75, 3.05) is 13.6 Å². The summed E-state index contributed by atoms with van der Waals surface area (Å²) in [6.45, 7) is 2.80. The van der Waals surface area contributed by atoms with Crippen molar-refractivity contribution in [3.63, 3.8) is 0 Å². The van der Waals surface area contributed by atoms with Crippen molar-refractivity contribution in [1.29, 1.82) is 5.26 Å². The highest BCUT2D eigenvalue weighted by Gasteiger charge is 2.23. The largest absolute Gasteiger partial charge is 0.393 e. The van der Waals surface area contributed by atoms with Crippen LogP contribution in [0, 0.1) is 17.2 Å². The Morgan fingerprint density at radius 3 is 2.50 bits per heavy atom. The lowest BCUT2D eigenvalue weighted by Gasteiger charge is -2.33. The number of hydrogen-bond donors (Lipinski definition) is 1. The molecule has 1 saturated carbocycles. The summed E-state index contributed by atoms with van der Waals surface area (Å²) in [4.78, 5) is 2.26. The molecule has 1 atom stereocenters. The van der Waals surface area contributed by atoms with Crippen molar-refractivity contribution >= 4 is 0 Å². The van der Waals surface area contributed by atoms with E-state index in [9.17, 15) is 5.11 Å². The Kier molecular flexibility index (Phi) is 4.37. The Labute approximate surface area is 86.3 Å². The predicted octanol–water partition coefficient (Wildman–Crippen LogP) is 1.38. The van der Waals surface area contributed by atoms with E-state index in [0.717, 1.165) is 32.2 Å². The van der Waals surface area contributed by atoms with Gasteiger partial charge in [0.05, 0.1) is 18.1 Å². The monoisotopic (exact) mass is 196 g/mol. The SMILES string of the molecule is CC(C#N)CN(C)C1CCC(O)CC1. The first-order valence-corrected chi connectivity index (χ1v) is 5.41. The van der Waals surface area contributed by atoms with Crippen LogP contribution in [0.2, 0.25) is 0 Å². The summed E-state index contributed by atoms with van der Waals surface area (Å²) in [5, 5.41) is 18.1. The molecule has 80 valence electrons. The molecule has 1 N–H and O–H groups in total. The molecule has 0 saturated heterocycles. The molecule has 1 unspecified atom stereocenters. The summed E-state index contributed by atoms with van der Waals surface area (Å²) in [5.74, 6) is 0.104. The molecule has 3 nitrogen and oxygen atoms in total. The summed E-state index contributed by atoms with van der Waals surface area (Å²) < 4.78 is 0. The highest BCUT2D eigenvalue weighted by Crippen LogP contribution is 2.22. The maximum absolute atomic E-state index is 9.37. The summed E-state index contributed by atoms with van der Waals surface area (Å²) >= 11 is 0. The van der Waals surface area contributed by atoms with Crippen molar-refractivity contribution in [2.45, 2.75) is 44.8 Å². The van der Waals surface area contributed by atoms with Crippen LogP contribution in [0.15, 0.2) is 0 Å². The van der Waals surface area contributed by atoms with Gasteiger partial charge >= 0.3 is 0 Å².